The minimum Gasteiger partial charge on any atom is -0.506 e. The summed E-state index contributed by atoms with van der Waals surface area (Å²) in [4.78, 5) is 28.7. The minimum absolute atomic E-state index is 0.0922. The summed E-state index contributed by atoms with van der Waals surface area (Å²) in [5.74, 6) is -0.436. The van der Waals surface area contributed by atoms with E-state index in [-0.39, 0.29) is 11.1 Å². The number of ketones is 1. The van der Waals surface area contributed by atoms with Crippen molar-refractivity contribution in [1.29, 1.82) is 0 Å². The fourth-order valence-electron chi connectivity index (χ4n) is 4.82. The van der Waals surface area contributed by atoms with E-state index in [2.05, 4.69) is 0 Å². The molecule has 3 aromatic carbocycles. The van der Waals surface area contributed by atoms with Gasteiger partial charge in [0, 0.05) is 5.69 Å². The van der Waals surface area contributed by atoms with Gasteiger partial charge in [-0.3, -0.25) is 14.5 Å². The number of amides is 1. The minimum atomic E-state index is -0.962. The summed E-state index contributed by atoms with van der Waals surface area (Å²) in [7, 11) is 4.44. The van der Waals surface area contributed by atoms with Gasteiger partial charge in [0.05, 0.1) is 39.6 Å². The van der Waals surface area contributed by atoms with E-state index in [0.29, 0.717) is 40.9 Å². The van der Waals surface area contributed by atoms with E-state index in [0.717, 1.165) is 11.1 Å². The second-order valence-electron chi connectivity index (χ2n) is 8.84. The molecule has 8 heteroatoms. The Labute approximate surface area is 222 Å². The number of ether oxygens (including phenoxy) is 4. The number of carbonyl (C=O) groups is 2. The molecule has 0 aromatic heterocycles. The molecule has 0 radical (unpaired) electrons. The third-order valence-corrected chi connectivity index (χ3v) is 6.52. The second kappa shape index (κ2) is 10.9. The number of methoxy groups -OCH3 is 3. The predicted octanol–water partition coefficient (Wildman–Crippen LogP) is 5.35. The van der Waals surface area contributed by atoms with Crippen molar-refractivity contribution in [2.24, 2.45) is 0 Å². The van der Waals surface area contributed by atoms with Gasteiger partial charge in [-0.1, -0.05) is 29.8 Å². The molecule has 1 atom stereocenters. The second-order valence-corrected chi connectivity index (χ2v) is 8.84. The fraction of sp³-hybridized carbons (Fsp3) is 0.267. The average molecular weight is 518 g/mol. The van der Waals surface area contributed by atoms with Crippen molar-refractivity contribution in [2.75, 3.05) is 32.8 Å². The molecule has 3 aromatic rings. The highest BCUT2D eigenvalue weighted by Gasteiger charge is 2.48. The summed E-state index contributed by atoms with van der Waals surface area (Å²) >= 11 is 0. The monoisotopic (exact) mass is 517 g/mol. The van der Waals surface area contributed by atoms with E-state index in [1.807, 2.05) is 32.9 Å². The van der Waals surface area contributed by atoms with E-state index in [4.69, 9.17) is 18.9 Å². The lowest BCUT2D eigenvalue weighted by Gasteiger charge is -2.27. The van der Waals surface area contributed by atoms with Crippen LogP contribution in [0.1, 0.15) is 35.2 Å². The molecule has 8 nitrogen and oxygen atoms in total. The summed E-state index contributed by atoms with van der Waals surface area (Å²) in [5.41, 5.74) is 3.03. The van der Waals surface area contributed by atoms with Crippen molar-refractivity contribution < 1.29 is 33.6 Å². The Morgan fingerprint density at radius 3 is 2.11 bits per heavy atom. The van der Waals surface area contributed by atoms with Crippen LogP contribution in [0.5, 0.6) is 23.0 Å². The summed E-state index contributed by atoms with van der Waals surface area (Å²) in [6, 6.07) is 14.8. The van der Waals surface area contributed by atoms with Crippen LogP contribution < -0.4 is 23.8 Å². The van der Waals surface area contributed by atoms with Crippen LogP contribution >= 0.6 is 0 Å². The van der Waals surface area contributed by atoms with E-state index in [9.17, 15) is 14.7 Å². The Kier molecular flexibility index (Phi) is 7.62. The lowest BCUT2D eigenvalue weighted by molar-refractivity contribution is -0.132. The van der Waals surface area contributed by atoms with Crippen LogP contribution in [-0.2, 0) is 9.59 Å². The maximum absolute atomic E-state index is 13.7. The maximum atomic E-state index is 13.7. The van der Waals surface area contributed by atoms with Crippen molar-refractivity contribution in [3.05, 3.63) is 82.4 Å². The number of hydrogen-bond donors (Lipinski definition) is 1. The molecule has 1 unspecified atom stereocenters. The van der Waals surface area contributed by atoms with Gasteiger partial charge in [-0.2, -0.15) is 0 Å². The van der Waals surface area contributed by atoms with Crippen LogP contribution in [0.15, 0.2) is 60.2 Å². The van der Waals surface area contributed by atoms with Gasteiger partial charge in [-0.25, -0.2) is 0 Å². The van der Waals surface area contributed by atoms with Crippen molar-refractivity contribution in [1.82, 2.24) is 0 Å². The van der Waals surface area contributed by atoms with E-state index in [1.165, 1.54) is 26.2 Å². The molecule has 198 valence electrons. The first kappa shape index (κ1) is 26.6. The number of anilines is 1. The van der Waals surface area contributed by atoms with Gasteiger partial charge in [-0.15, -0.1) is 0 Å². The van der Waals surface area contributed by atoms with Crippen molar-refractivity contribution in [3.63, 3.8) is 0 Å². The quantitative estimate of drug-likeness (QED) is 0.244. The summed E-state index contributed by atoms with van der Waals surface area (Å²) < 4.78 is 22.2. The number of carbonyl (C=O) groups excluding carboxylic acids is 2. The van der Waals surface area contributed by atoms with Gasteiger partial charge in [0.25, 0.3) is 11.7 Å². The zero-order valence-electron chi connectivity index (χ0n) is 22.3. The first-order valence-corrected chi connectivity index (χ1v) is 12.2. The van der Waals surface area contributed by atoms with E-state index in [1.54, 1.807) is 42.5 Å². The molecule has 4 rings (SSSR count). The number of aryl methyl sites for hydroxylation is 2. The molecule has 0 bridgehead atoms. The number of aliphatic hydroxyl groups is 1. The SMILES string of the molecule is CCOc1cc(C2/C(=C(\O)c3c(OC)cccc3OC)C(=O)C(=O)N2c2ccc(C)cc2C)ccc1OC. The van der Waals surface area contributed by atoms with Crippen LogP contribution in [0.25, 0.3) is 5.76 Å². The molecule has 1 heterocycles. The molecular formula is C30H31NO7. The summed E-state index contributed by atoms with van der Waals surface area (Å²) in [6.45, 7) is 6.06. The number of benzene rings is 3. The zero-order chi connectivity index (χ0) is 27.6. The number of nitrogens with zero attached hydrogens (tertiary/aromatic N) is 1. The smallest absolute Gasteiger partial charge is 0.300 e. The zero-order valence-corrected chi connectivity index (χ0v) is 22.3. The summed E-state index contributed by atoms with van der Waals surface area (Å²) in [6.07, 6.45) is 0. The van der Waals surface area contributed by atoms with Gasteiger partial charge >= 0.3 is 0 Å². The van der Waals surface area contributed by atoms with Crippen molar-refractivity contribution >= 4 is 23.1 Å². The molecular weight excluding hydrogens is 486 g/mol. The normalized spacial score (nSPS) is 16.5. The Morgan fingerprint density at radius 2 is 1.53 bits per heavy atom. The molecule has 1 aliphatic heterocycles. The molecule has 1 saturated heterocycles. The van der Waals surface area contributed by atoms with Crippen LogP contribution in [-0.4, -0.2) is 44.7 Å². The third kappa shape index (κ3) is 4.53. The van der Waals surface area contributed by atoms with Gasteiger partial charge in [0.15, 0.2) is 11.5 Å². The average Bonchev–Trinajstić information content (AvgIpc) is 3.17. The Balaban J connectivity index is 2.05. The van der Waals surface area contributed by atoms with E-state index >= 15 is 0 Å². The summed E-state index contributed by atoms with van der Waals surface area (Å²) in [5, 5.41) is 11.7. The molecule has 1 aliphatic rings. The highest BCUT2D eigenvalue weighted by molar-refractivity contribution is 6.51. The van der Waals surface area contributed by atoms with Crippen LogP contribution in [0.3, 0.4) is 0 Å². The fourth-order valence-corrected chi connectivity index (χ4v) is 4.82. The van der Waals surface area contributed by atoms with Crippen molar-refractivity contribution in [3.8, 4) is 23.0 Å². The van der Waals surface area contributed by atoms with E-state index < -0.39 is 23.5 Å². The Hall–Kier alpha value is -4.46. The van der Waals surface area contributed by atoms with Crippen LogP contribution in [0.4, 0.5) is 5.69 Å². The standard InChI is InChI=1S/C30H31NO7/c1-7-38-24-16-19(12-14-21(24)35-4)27-26(28(32)25-22(36-5)9-8-10-23(25)37-6)29(33)30(34)31(27)20-13-11-17(2)15-18(20)3/h8-16,27,32H,7H2,1-6H3/b28-26+. The number of rotatable bonds is 8. The Bertz CT molecular complexity index is 1400. The predicted molar refractivity (Wildman–Crippen MR) is 144 cm³/mol. The number of Topliss-reactive ketones (excluding diaryl/α,β-unsaturated/α-hetero) is 1. The first-order chi connectivity index (χ1) is 18.3. The number of aliphatic hydroxyl groups excluding tert-OH is 1. The molecule has 0 spiro atoms. The van der Waals surface area contributed by atoms with Gasteiger partial charge < -0.3 is 24.1 Å². The van der Waals surface area contributed by atoms with Gasteiger partial charge in [0.2, 0.25) is 0 Å². The highest BCUT2D eigenvalue weighted by atomic mass is 16.5. The molecule has 1 fully saturated rings. The molecule has 1 N–H and O–H groups in total. The largest absolute Gasteiger partial charge is 0.506 e. The Morgan fingerprint density at radius 1 is 0.868 bits per heavy atom. The first-order valence-electron chi connectivity index (χ1n) is 12.2. The topological polar surface area (TPSA) is 94.5 Å². The third-order valence-electron chi connectivity index (χ3n) is 6.52. The van der Waals surface area contributed by atoms with Crippen LogP contribution in [0.2, 0.25) is 0 Å². The molecule has 0 aliphatic carbocycles. The molecule has 38 heavy (non-hydrogen) atoms. The highest BCUT2D eigenvalue weighted by Crippen LogP contribution is 2.47. The lowest BCUT2D eigenvalue weighted by atomic mass is 9.94. The van der Waals surface area contributed by atoms with Crippen molar-refractivity contribution in [2.45, 2.75) is 26.8 Å². The number of hydrogen-bond acceptors (Lipinski definition) is 7. The lowest BCUT2D eigenvalue weighted by Crippen LogP contribution is -2.30. The maximum Gasteiger partial charge on any atom is 0.300 e. The molecule has 0 saturated carbocycles. The van der Waals surface area contributed by atoms with Gasteiger partial charge in [0.1, 0.15) is 22.8 Å². The van der Waals surface area contributed by atoms with Crippen LogP contribution in [0, 0.1) is 13.8 Å². The molecule has 1 amide bonds. The van der Waals surface area contributed by atoms with Gasteiger partial charge in [-0.05, 0) is 62.2 Å².